The normalized spacial score (nSPS) is 16.6. The van der Waals surface area contributed by atoms with Gasteiger partial charge in [-0.3, -0.25) is 0 Å². The van der Waals surface area contributed by atoms with Gasteiger partial charge in [-0.1, -0.05) is 71.4 Å². The molecule has 0 spiro atoms. The fourth-order valence-electron chi connectivity index (χ4n) is 3.13. The average molecular weight is 378 g/mol. The lowest BCUT2D eigenvalue weighted by Gasteiger charge is -2.11. The number of rotatable bonds is 5. The van der Waals surface area contributed by atoms with E-state index in [2.05, 4.69) is 72.6 Å². The van der Waals surface area contributed by atoms with Gasteiger partial charge in [-0.2, -0.15) is 0 Å². The molecule has 4 rings (SSSR count). The molecule has 1 saturated heterocycles. The van der Waals surface area contributed by atoms with Crippen LogP contribution >= 0.6 is 11.8 Å². The molecule has 27 heavy (non-hydrogen) atoms. The second kappa shape index (κ2) is 8.19. The highest BCUT2D eigenvalue weighted by atomic mass is 32.2. The van der Waals surface area contributed by atoms with Crippen molar-refractivity contribution in [3.63, 3.8) is 0 Å². The number of aryl methyl sites for hydroxylation is 2. The Balaban J connectivity index is 1.69. The average Bonchev–Trinajstić information content (AvgIpc) is 3.21. The second-order valence-corrected chi connectivity index (χ2v) is 7.96. The van der Waals surface area contributed by atoms with Crippen molar-refractivity contribution >= 4 is 11.8 Å². The Labute approximate surface area is 164 Å². The lowest BCUT2D eigenvalue weighted by molar-refractivity contribution is 0.129. The number of nitrogens with zero attached hydrogens (tertiary/aromatic N) is 3. The van der Waals surface area contributed by atoms with E-state index in [1.165, 1.54) is 11.1 Å². The largest absolute Gasteiger partial charge is 0.377 e. The van der Waals surface area contributed by atoms with Gasteiger partial charge in [0.2, 0.25) is 5.16 Å². The van der Waals surface area contributed by atoms with Gasteiger partial charge < -0.3 is 4.74 Å². The smallest absolute Gasteiger partial charge is 0.209 e. The van der Waals surface area contributed by atoms with E-state index in [-0.39, 0.29) is 0 Å². The summed E-state index contributed by atoms with van der Waals surface area (Å²) in [7, 11) is 0. The molecule has 1 aliphatic rings. The van der Waals surface area contributed by atoms with E-state index < -0.39 is 0 Å². The van der Waals surface area contributed by atoms with Crippen molar-refractivity contribution in [2.45, 2.75) is 37.9 Å². The molecule has 138 valence electrons. The molecular formula is C22H23N3OS. The SMILES string of the molecule is Cc1ccc(-c2nnc(SCC3CCCO3)nc2-c2ccc(C)cc2)cc1. The maximum atomic E-state index is 5.71. The first-order valence-electron chi connectivity index (χ1n) is 9.32. The van der Waals surface area contributed by atoms with Crippen LogP contribution in [0.3, 0.4) is 0 Å². The van der Waals surface area contributed by atoms with Crippen molar-refractivity contribution in [1.29, 1.82) is 0 Å². The summed E-state index contributed by atoms with van der Waals surface area (Å²) in [6.45, 7) is 5.04. The molecule has 0 saturated carbocycles. The number of benzene rings is 2. The summed E-state index contributed by atoms with van der Waals surface area (Å²) >= 11 is 1.63. The first-order valence-corrected chi connectivity index (χ1v) is 10.3. The van der Waals surface area contributed by atoms with Crippen LogP contribution in [0.15, 0.2) is 53.7 Å². The van der Waals surface area contributed by atoms with Gasteiger partial charge in [0.1, 0.15) is 11.4 Å². The molecule has 1 fully saturated rings. The van der Waals surface area contributed by atoms with Crippen molar-refractivity contribution in [1.82, 2.24) is 15.2 Å². The second-order valence-electron chi connectivity index (χ2n) is 6.97. The van der Waals surface area contributed by atoms with E-state index in [0.717, 1.165) is 47.7 Å². The molecule has 2 aromatic carbocycles. The van der Waals surface area contributed by atoms with Crippen molar-refractivity contribution in [2.24, 2.45) is 0 Å². The van der Waals surface area contributed by atoms with Gasteiger partial charge in [-0.05, 0) is 26.7 Å². The highest BCUT2D eigenvalue weighted by Gasteiger charge is 2.18. The Morgan fingerprint density at radius 2 is 1.52 bits per heavy atom. The van der Waals surface area contributed by atoms with Crippen LogP contribution in [-0.4, -0.2) is 33.6 Å². The van der Waals surface area contributed by atoms with Crippen LogP contribution in [0.1, 0.15) is 24.0 Å². The summed E-state index contributed by atoms with van der Waals surface area (Å²) < 4.78 is 5.71. The number of aromatic nitrogens is 3. The van der Waals surface area contributed by atoms with Gasteiger partial charge in [-0.25, -0.2) is 4.98 Å². The maximum Gasteiger partial charge on any atom is 0.209 e. The molecular weight excluding hydrogens is 354 g/mol. The van der Waals surface area contributed by atoms with Crippen LogP contribution in [0, 0.1) is 13.8 Å². The number of ether oxygens (including phenoxy) is 1. The van der Waals surface area contributed by atoms with Gasteiger partial charge in [-0.15, -0.1) is 10.2 Å². The number of hydrogen-bond acceptors (Lipinski definition) is 5. The highest BCUT2D eigenvalue weighted by Crippen LogP contribution is 2.31. The molecule has 1 aromatic heterocycles. The standard InChI is InChI=1S/C22H23N3OS/c1-15-5-9-17(10-6-15)20-21(18-11-7-16(2)8-12-18)24-25-22(23-20)27-14-19-4-3-13-26-19/h5-12,19H,3-4,13-14H2,1-2H3. The van der Waals surface area contributed by atoms with E-state index in [4.69, 9.17) is 9.72 Å². The van der Waals surface area contributed by atoms with E-state index >= 15 is 0 Å². The molecule has 0 amide bonds. The Morgan fingerprint density at radius 1 is 0.889 bits per heavy atom. The molecule has 1 unspecified atom stereocenters. The fraction of sp³-hybridized carbons (Fsp3) is 0.318. The fourth-order valence-corrected chi connectivity index (χ4v) is 3.99. The number of thioether (sulfide) groups is 1. The van der Waals surface area contributed by atoms with Crippen molar-refractivity contribution in [3.05, 3.63) is 59.7 Å². The third-order valence-corrected chi connectivity index (χ3v) is 5.71. The first-order chi connectivity index (χ1) is 13.2. The number of hydrogen-bond donors (Lipinski definition) is 0. The third-order valence-electron chi connectivity index (χ3n) is 4.74. The zero-order chi connectivity index (χ0) is 18.6. The van der Waals surface area contributed by atoms with Gasteiger partial charge in [0, 0.05) is 23.5 Å². The summed E-state index contributed by atoms with van der Waals surface area (Å²) in [4.78, 5) is 4.87. The zero-order valence-electron chi connectivity index (χ0n) is 15.7. The summed E-state index contributed by atoms with van der Waals surface area (Å²) in [5, 5.41) is 9.64. The van der Waals surface area contributed by atoms with Crippen LogP contribution in [0.25, 0.3) is 22.5 Å². The molecule has 3 aromatic rings. The minimum absolute atomic E-state index is 0.304. The van der Waals surface area contributed by atoms with Gasteiger partial charge >= 0.3 is 0 Å². The molecule has 1 atom stereocenters. The minimum Gasteiger partial charge on any atom is -0.377 e. The topological polar surface area (TPSA) is 47.9 Å². The van der Waals surface area contributed by atoms with Gasteiger partial charge in [0.05, 0.1) is 6.10 Å². The molecule has 0 bridgehead atoms. The Kier molecular flexibility index (Phi) is 5.50. The molecule has 2 heterocycles. The van der Waals surface area contributed by atoms with Crippen LogP contribution in [0.2, 0.25) is 0 Å². The van der Waals surface area contributed by atoms with Crippen molar-refractivity contribution in [2.75, 3.05) is 12.4 Å². The van der Waals surface area contributed by atoms with E-state index in [9.17, 15) is 0 Å². The minimum atomic E-state index is 0.304. The summed E-state index contributed by atoms with van der Waals surface area (Å²) in [5.41, 5.74) is 6.24. The van der Waals surface area contributed by atoms with Crippen LogP contribution in [-0.2, 0) is 4.74 Å². The summed E-state index contributed by atoms with van der Waals surface area (Å²) in [6.07, 6.45) is 2.57. The molecule has 5 heteroatoms. The zero-order valence-corrected chi connectivity index (χ0v) is 16.5. The lowest BCUT2D eigenvalue weighted by Crippen LogP contribution is -2.09. The monoisotopic (exact) mass is 377 g/mol. The summed E-state index contributed by atoms with van der Waals surface area (Å²) in [5.74, 6) is 0.874. The Bertz CT molecular complexity index is 904. The lowest BCUT2D eigenvalue weighted by atomic mass is 10.0. The predicted octanol–water partition coefficient (Wildman–Crippen LogP) is 5.09. The quantitative estimate of drug-likeness (QED) is 0.579. The molecule has 4 nitrogen and oxygen atoms in total. The Hall–Kier alpha value is -2.24. The third kappa shape index (κ3) is 4.37. The van der Waals surface area contributed by atoms with Crippen LogP contribution in [0.4, 0.5) is 0 Å². The van der Waals surface area contributed by atoms with E-state index in [1.54, 1.807) is 11.8 Å². The van der Waals surface area contributed by atoms with Crippen LogP contribution < -0.4 is 0 Å². The molecule has 1 aliphatic heterocycles. The van der Waals surface area contributed by atoms with Gasteiger partial charge in [0.25, 0.3) is 0 Å². The van der Waals surface area contributed by atoms with E-state index in [0.29, 0.717) is 11.3 Å². The maximum absolute atomic E-state index is 5.71. The predicted molar refractivity (Wildman–Crippen MR) is 110 cm³/mol. The van der Waals surface area contributed by atoms with Gasteiger partial charge in [0.15, 0.2) is 0 Å². The highest BCUT2D eigenvalue weighted by molar-refractivity contribution is 7.99. The molecule has 0 N–H and O–H groups in total. The first kappa shape index (κ1) is 18.1. The molecule has 0 radical (unpaired) electrons. The van der Waals surface area contributed by atoms with E-state index in [1.807, 2.05) is 0 Å². The molecule has 0 aliphatic carbocycles. The van der Waals surface area contributed by atoms with Crippen LogP contribution in [0.5, 0.6) is 0 Å². The summed E-state index contributed by atoms with van der Waals surface area (Å²) in [6, 6.07) is 16.8. The Morgan fingerprint density at radius 3 is 2.11 bits per heavy atom. The van der Waals surface area contributed by atoms with Crippen molar-refractivity contribution in [3.8, 4) is 22.5 Å². The van der Waals surface area contributed by atoms with Crippen molar-refractivity contribution < 1.29 is 4.74 Å².